The predicted molar refractivity (Wildman–Crippen MR) is 138 cm³/mol. The minimum Gasteiger partial charge on any atom is -0.483 e. The second-order valence-electron chi connectivity index (χ2n) is 7.04. The second-order valence-corrected chi connectivity index (χ2v) is 8.81. The molecule has 0 bridgehead atoms. The van der Waals surface area contributed by atoms with E-state index in [1.807, 2.05) is 66.7 Å². The highest BCUT2D eigenvalue weighted by Gasteiger charge is 2.08. The SMILES string of the molecule is C/C(CC(=O)Nc1ccc(Nc2ccccc2)cc1)=N/NC(=O)COc1ccc(Br)cc1Br. The van der Waals surface area contributed by atoms with Crippen LogP contribution in [-0.2, 0) is 9.59 Å². The van der Waals surface area contributed by atoms with Gasteiger partial charge in [0.2, 0.25) is 5.91 Å². The molecule has 9 heteroatoms. The third-order valence-corrected chi connectivity index (χ3v) is 5.38. The van der Waals surface area contributed by atoms with E-state index in [1.165, 1.54) is 0 Å². The van der Waals surface area contributed by atoms with Gasteiger partial charge in [0.1, 0.15) is 5.75 Å². The molecule has 0 aliphatic carbocycles. The Morgan fingerprint density at radius 3 is 2.24 bits per heavy atom. The van der Waals surface area contributed by atoms with Gasteiger partial charge in [0.05, 0.1) is 10.9 Å². The fraction of sp³-hybridized carbons (Fsp3) is 0.125. The summed E-state index contributed by atoms with van der Waals surface area (Å²) in [6, 6.07) is 22.6. The van der Waals surface area contributed by atoms with E-state index >= 15 is 0 Å². The van der Waals surface area contributed by atoms with Crippen LogP contribution < -0.4 is 20.8 Å². The van der Waals surface area contributed by atoms with Crippen molar-refractivity contribution in [1.29, 1.82) is 0 Å². The first-order valence-electron chi connectivity index (χ1n) is 10.0. The molecular formula is C24H22Br2N4O3. The van der Waals surface area contributed by atoms with Gasteiger partial charge >= 0.3 is 0 Å². The molecule has 0 unspecified atom stereocenters. The first-order chi connectivity index (χ1) is 15.9. The van der Waals surface area contributed by atoms with Crippen molar-refractivity contribution in [2.75, 3.05) is 17.2 Å². The Hall–Kier alpha value is -3.17. The molecule has 0 heterocycles. The van der Waals surface area contributed by atoms with E-state index in [-0.39, 0.29) is 18.9 Å². The maximum Gasteiger partial charge on any atom is 0.277 e. The number of halogens is 2. The van der Waals surface area contributed by atoms with E-state index in [9.17, 15) is 9.59 Å². The van der Waals surface area contributed by atoms with Crippen molar-refractivity contribution in [1.82, 2.24) is 5.43 Å². The molecule has 2 amide bonds. The Morgan fingerprint density at radius 1 is 0.879 bits per heavy atom. The van der Waals surface area contributed by atoms with Gasteiger partial charge < -0.3 is 15.4 Å². The molecule has 170 valence electrons. The number of hydrogen-bond donors (Lipinski definition) is 3. The molecule has 3 aromatic carbocycles. The molecular weight excluding hydrogens is 552 g/mol. The van der Waals surface area contributed by atoms with Crippen molar-refractivity contribution >= 4 is 66.4 Å². The summed E-state index contributed by atoms with van der Waals surface area (Å²) in [6.07, 6.45) is 0.0451. The van der Waals surface area contributed by atoms with Crippen LogP contribution in [0.1, 0.15) is 13.3 Å². The molecule has 33 heavy (non-hydrogen) atoms. The Balaban J connectivity index is 1.42. The number of carbonyl (C=O) groups is 2. The standard InChI is InChI=1S/C24H22Br2N4O3/c1-16(29-30-24(32)15-33-22-12-7-17(25)14-21(22)26)13-23(31)28-20-10-8-19(9-11-20)27-18-5-3-2-4-6-18/h2-12,14,27H,13,15H2,1H3,(H,28,31)(H,30,32)/b29-16-. The molecule has 3 aromatic rings. The molecule has 0 saturated carbocycles. The van der Waals surface area contributed by atoms with Gasteiger partial charge in [-0.25, -0.2) is 5.43 Å². The topological polar surface area (TPSA) is 91.8 Å². The number of carbonyl (C=O) groups excluding carboxylic acids is 2. The van der Waals surface area contributed by atoms with Gasteiger partial charge in [-0.1, -0.05) is 34.1 Å². The summed E-state index contributed by atoms with van der Waals surface area (Å²) in [7, 11) is 0. The highest BCUT2D eigenvalue weighted by molar-refractivity contribution is 9.11. The molecule has 0 aromatic heterocycles. The van der Waals surface area contributed by atoms with Gasteiger partial charge in [0.15, 0.2) is 6.61 Å². The molecule has 0 radical (unpaired) electrons. The van der Waals surface area contributed by atoms with Crippen molar-refractivity contribution in [2.45, 2.75) is 13.3 Å². The van der Waals surface area contributed by atoms with Crippen LogP contribution in [0.25, 0.3) is 0 Å². The molecule has 0 saturated heterocycles. The number of ether oxygens (including phenoxy) is 1. The average molecular weight is 574 g/mol. The number of rotatable bonds is 9. The fourth-order valence-corrected chi connectivity index (χ4v) is 3.89. The molecule has 0 aliphatic heterocycles. The van der Waals surface area contributed by atoms with E-state index in [0.29, 0.717) is 17.1 Å². The summed E-state index contributed by atoms with van der Waals surface area (Å²) < 4.78 is 7.08. The predicted octanol–water partition coefficient (Wildman–Crippen LogP) is 5.85. The van der Waals surface area contributed by atoms with E-state index in [0.717, 1.165) is 20.3 Å². The van der Waals surface area contributed by atoms with Gasteiger partial charge in [0.25, 0.3) is 5.91 Å². The number of anilines is 3. The smallest absolute Gasteiger partial charge is 0.277 e. The lowest BCUT2D eigenvalue weighted by Crippen LogP contribution is -2.26. The van der Waals surface area contributed by atoms with Crippen molar-refractivity contribution in [3.8, 4) is 5.75 Å². The number of nitrogens with one attached hydrogen (secondary N) is 3. The lowest BCUT2D eigenvalue weighted by atomic mass is 10.2. The lowest BCUT2D eigenvalue weighted by Gasteiger charge is -2.09. The van der Waals surface area contributed by atoms with Crippen LogP contribution in [0, 0.1) is 0 Å². The second kappa shape index (κ2) is 12.2. The third kappa shape index (κ3) is 8.36. The maximum atomic E-state index is 12.3. The fourth-order valence-electron chi connectivity index (χ4n) is 2.73. The van der Waals surface area contributed by atoms with Crippen molar-refractivity contribution < 1.29 is 14.3 Å². The number of para-hydroxylation sites is 1. The summed E-state index contributed by atoms with van der Waals surface area (Å²) in [5.74, 6) is -0.117. The number of nitrogens with zero attached hydrogens (tertiary/aromatic N) is 1. The Bertz CT molecular complexity index is 1140. The van der Waals surface area contributed by atoms with Crippen molar-refractivity contribution in [3.63, 3.8) is 0 Å². The zero-order chi connectivity index (χ0) is 23.6. The minimum absolute atomic E-state index is 0.0451. The van der Waals surface area contributed by atoms with E-state index in [4.69, 9.17) is 4.74 Å². The first kappa shape index (κ1) is 24.5. The van der Waals surface area contributed by atoms with Crippen molar-refractivity contribution in [2.24, 2.45) is 5.10 Å². The number of benzene rings is 3. The van der Waals surface area contributed by atoms with Gasteiger partial charge in [-0.15, -0.1) is 0 Å². The van der Waals surface area contributed by atoms with Gasteiger partial charge in [-0.3, -0.25) is 9.59 Å². The summed E-state index contributed by atoms with van der Waals surface area (Å²) in [5, 5.41) is 10.1. The molecule has 0 spiro atoms. The third-order valence-electron chi connectivity index (χ3n) is 4.27. The van der Waals surface area contributed by atoms with Crippen LogP contribution in [0.5, 0.6) is 5.75 Å². The Morgan fingerprint density at radius 2 is 1.55 bits per heavy atom. The normalized spacial score (nSPS) is 10.9. The molecule has 3 rings (SSSR count). The largest absolute Gasteiger partial charge is 0.483 e. The first-order valence-corrected chi connectivity index (χ1v) is 11.6. The van der Waals surface area contributed by atoms with Crippen LogP contribution >= 0.6 is 31.9 Å². The molecule has 0 aliphatic rings. The summed E-state index contributed by atoms with van der Waals surface area (Å²) in [5.41, 5.74) is 5.43. The van der Waals surface area contributed by atoms with Crippen LogP contribution in [0.3, 0.4) is 0 Å². The Kier molecular flexibility index (Phi) is 9.03. The number of hydrazone groups is 1. The molecule has 0 atom stereocenters. The van der Waals surface area contributed by atoms with E-state index < -0.39 is 5.91 Å². The van der Waals surface area contributed by atoms with E-state index in [2.05, 4.69) is 53.0 Å². The van der Waals surface area contributed by atoms with Gasteiger partial charge in [-0.05, 0) is 77.5 Å². The highest BCUT2D eigenvalue weighted by Crippen LogP contribution is 2.28. The van der Waals surface area contributed by atoms with Gasteiger partial charge in [0, 0.05) is 27.2 Å². The zero-order valence-corrected chi connectivity index (χ0v) is 20.9. The molecule has 0 fully saturated rings. The maximum absolute atomic E-state index is 12.3. The van der Waals surface area contributed by atoms with E-state index in [1.54, 1.807) is 13.0 Å². The highest BCUT2D eigenvalue weighted by atomic mass is 79.9. The monoisotopic (exact) mass is 572 g/mol. The quantitative estimate of drug-likeness (QED) is 0.221. The average Bonchev–Trinajstić information content (AvgIpc) is 2.79. The van der Waals surface area contributed by atoms with Crippen LogP contribution in [0.15, 0.2) is 86.8 Å². The van der Waals surface area contributed by atoms with Crippen LogP contribution in [0.4, 0.5) is 17.1 Å². The summed E-state index contributed by atoms with van der Waals surface area (Å²) >= 11 is 6.72. The van der Waals surface area contributed by atoms with Gasteiger partial charge in [-0.2, -0.15) is 5.10 Å². The van der Waals surface area contributed by atoms with Crippen molar-refractivity contribution in [3.05, 3.63) is 81.7 Å². The Labute approximate surface area is 208 Å². The van der Waals surface area contributed by atoms with Crippen LogP contribution in [0.2, 0.25) is 0 Å². The molecule has 7 nitrogen and oxygen atoms in total. The number of amides is 2. The summed E-state index contributed by atoms with van der Waals surface area (Å²) in [6.45, 7) is 1.46. The molecule has 3 N–H and O–H groups in total. The lowest BCUT2D eigenvalue weighted by molar-refractivity contribution is -0.123. The summed E-state index contributed by atoms with van der Waals surface area (Å²) in [4.78, 5) is 24.2. The minimum atomic E-state index is -0.425. The van der Waals surface area contributed by atoms with Crippen LogP contribution in [-0.4, -0.2) is 24.1 Å². The number of hydrogen-bond acceptors (Lipinski definition) is 5. The zero-order valence-electron chi connectivity index (χ0n) is 17.8.